The van der Waals surface area contributed by atoms with Gasteiger partial charge in [-0.05, 0) is 33.1 Å². The van der Waals surface area contributed by atoms with Crippen molar-refractivity contribution >= 4 is 5.78 Å². The van der Waals surface area contributed by atoms with Crippen molar-refractivity contribution in [1.29, 1.82) is 0 Å². The van der Waals surface area contributed by atoms with Crippen molar-refractivity contribution in [1.82, 2.24) is 0 Å². The van der Waals surface area contributed by atoms with E-state index < -0.39 is 6.10 Å². The van der Waals surface area contributed by atoms with E-state index in [4.69, 9.17) is 5.11 Å². The van der Waals surface area contributed by atoms with E-state index in [0.717, 1.165) is 19.3 Å². The Morgan fingerprint density at radius 1 is 1.75 bits per heavy atom. The first-order chi connectivity index (χ1) is 5.61. The summed E-state index contributed by atoms with van der Waals surface area (Å²) in [5, 5.41) is 9.07. The van der Waals surface area contributed by atoms with E-state index >= 15 is 0 Å². The van der Waals surface area contributed by atoms with E-state index in [0.29, 0.717) is 0 Å². The Morgan fingerprint density at radius 3 is 2.83 bits per heavy atom. The van der Waals surface area contributed by atoms with Gasteiger partial charge in [0, 0.05) is 5.92 Å². The zero-order valence-electron chi connectivity index (χ0n) is 7.71. The zero-order chi connectivity index (χ0) is 9.14. The van der Waals surface area contributed by atoms with Crippen molar-refractivity contribution < 1.29 is 9.90 Å². The molecule has 0 aromatic heterocycles. The highest BCUT2D eigenvalue weighted by molar-refractivity contribution is 5.85. The average Bonchev–Trinajstić information content (AvgIpc) is 2.04. The van der Waals surface area contributed by atoms with Crippen LogP contribution in [0.3, 0.4) is 0 Å². The quantitative estimate of drug-likeness (QED) is 0.637. The van der Waals surface area contributed by atoms with Gasteiger partial charge in [0.15, 0.2) is 5.78 Å². The van der Waals surface area contributed by atoms with Crippen LogP contribution in [-0.4, -0.2) is 17.0 Å². The van der Waals surface area contributed by atoms with Crippen LogP contribution < -0.4 is 0 Å². The fraction of sp³-hybridized carbons (Fsp3) is 0.700. The average molecular weight is 168 g/mol. The van der Waals surface area contributed by atoms with Gasteiger partial charge < -0.3 is 5.11 Å². The first-order valence-electron chi connectivity index (χ1n) is 4.48. The molecule has 1 N–H and O–H groups in total. The molecule has 0 spiro atoms. The fourth-order valence-electron chi connectivity index (χ4n) is 1.56. The first kappa shape index (κ1) is 9.46. The summed E-state index contributed by atoms with van der Waals surface area (Å²) < 4.78 is 0. The zero-order valence-corrected chi connectivity index (χ0v) is 7.71. The molecule has 68 valence electrons. The van der Waals surface area contributed by atoms with Crippen molar-refractivity contribution in [2.45, 2.75) is 39.2 Å². The number of Topliss-reactive ketones (excluding diaryl/α,β-unsaturated/α-hetero) is 1. The molecule has 2 heteroatoms. The van der Waals surface area contributed by atoms with Crippen molar-refractivity contribution in [3.63, 3.8) is 0 Å². The van der Waals surface area contributed by atoms with Gasteiger partial charge in [0.05, 0.1) is 0 Å². The monoisotopic (exact) mass is 168 g/mol. The first-order valence-corrected chi connectivity index (χ1v) is 4.48. The largest absolute Gasteiger partial charge is 0.386 e. The molecule has 0 aromatic carbocycles. The molecule has 0 aliphatic heterocycles. The van der Waals surface area contributed by atoms with Crippen molar-refractivity contribution in [2.24, 2.45) is 5.92 Å². The molecule has 1 aliphatic carbocycles. The summed E-state index contributed by atoms with van der Waals surface area (Å²) in [5.41, 5.74) is 1.37. The van der Waals surface area contributed by atoms with E-state index in [9.17, 15) is 4.79 Å². The van der Waals surface area contributed by atoms with Crippen LogP contribution in [0.25, 0.3) is 0 Å². The second-order valence-electron chi connectivity index (χ2n) is 3.60. The summed E-state index contributed by atoms with van der Waals surface area (Å²) in [6, 6.07) is 0. The number of carbonyl (C=O) groups is 1. The molecule has 1 rings (SSSR count). The van der Waals surface area contributed by atoms with Gasteiger partial charge in [0.1, 0.15) is 6.10 Å². The second-order valence-corrected chi connectivity index (χ2v) is 3.60. The summed E-state index contributed by atoms with van der Waals surface area (Å²) in [4.78, 5) is 11.3. The summed E-state index contributed by atoms with van der Waals surface area (Å²) in [5.74, 6) is 0.0625. The minimum atomic E-state index is -0.790. The Bertz CT molecular complexity index is 204. The Labute approximate surface area is 73.3 Å². The van der Waals surface area contributed by atoms with Gasteiger partial charge in [0.25, 0.3) is 0 Å². The molecule has 0 bridgehead atoms. The number of hydrogen-bond acceptors (Lipinski definition) is 2. The molecule has 0 heterocycles. The summed E-state index contributed by atoms with van der Waals surface area (Å²) in [7, 11) is 0. The Hall–Kier alpha value is -0.630. The van der Waals surface area contributed by atoms with Gasteiger partial charge in [-0.25, -0.2) is 0 Å². The second kappa shape index (κ2) is 3.85. The van der Waals surface area contributed by atoms with Crippen LogP contribution in [0.2, 0.25) is 0 Å². The normalized spacial score (nSPS) is 26.2. The van der Waals surface area contributed by atoms with Gasteiger partial charge in [-0.2, -0.15) is 0 Å². The van der Waals surface area contributed by atoms with E-state index in [1.807, 2.05) is 0 Å². The third-order valence-electron chi connectivity index (χ3n) is 2.45. The number of aliphatic hydroxyl groups excluding tert-OH is 1. The van der Waals surface area contributed by atoms with Gasteiger partial charge >= 0.3 is 0 Å². The molecular formula is C10H16O2. The van der Waals surface area contributed by atoms with E-state index in [1.165, 1.54) is 5.57 Å². The third-order valence-corrected chi connectivity index (χ3v) is 2.45. The molecule has 2 nitrogen and oxygen atoms in total. The van der Waals surface area contributed by atoms with E-state index in [1.54, 1.807) is 6.92 Å². The molecule has 0 saturated carbocycles. The SMILES string of the molecule is CC1=CC[C@@H](C(=O)[C@H](C)O)CC1. The molecule has 0 aromatic rings. The molecule has 0 amide bonds. The highest BCUT2D eigenvalue weighted by atomic mass is 16.3. The van der Waals surface area contributed by atoms with Gasteiger partial charge in [0.2, 0.25) is 0 Å². The predicted octanol–water partition coefficient (Wildman–Crippen LogP) is 1.68. The molecule has 0 radical (unpaired) electrons. The lowest BCUT2D eigenvalue weighted by molar-refractivity contribution is -0.130. The smallest absolute Gasteiger partial charge is 0.164 e. The number of allylic oxidation sites excluding steroid dienone is 2. The highest BCUT2D eigenvalue weighted by Gasteiger charge is 2.23. The maximum absolute atomic E-state index is 11.3. The van der Waals surface area contributed by atoms with Crippen LogP contribution >= 0.6 is 0 Å². The molecule has 12 heavy (non-hydrogen) atoms. The number of carbonyl (C=O) groups excluding carboxylic acids is 1. The highest BCUT2D eigenvalue weighted by Crippen LogP contribution is 2.24. The number of hydrogen-bond donors (Lipinski definition) is 1. The molecule has 2 atom stereocenters. The Balaban J connectivity index is 2.51. The minimum absolute atomic E-state index is 0.00116. The van der Waals surface area contributed by atoms with Crippen molar-refractivity contribution in [3.8, 4) is 0 Å². The minimum Gasteiger partial charge on any atom is -0.386 e. The summed E-state index contributed by atoms with van der Waals surface area (Å²) >= 11 is 0. The lowest BCUT2D eigenvalue weighted by Crippen LogP contribution is -2.26. The molecule has 0 unspecified atom stereocenters. The van der Waals surface area contributed by atoms with Crippen molar-refractivity contribution in [3.05, 3.63) is 11.6 Å². The maximum atomic E-state index is 11.3. The topological polar surface area (TPSA) is 37.3 Å². The Kier molecular flexibility index (Phi) is 3.04. The van der Waals surface area contributed by atoms with Crippen LogP contribution in [0.1, 0.15) is 33.1 Å². The van der Waals surface area contributed by atoms with Gasteiger partial charge in [-0.1, -0.05) is 11.6 Å². The lowest BCUT2D eigenvalue weighted by atomic mass is 9.86. The van der Waals surface area contributed by atoms with Gasteiger partial charge in [-0.15, -0.1) is 0 Å². The van der Waals surface area contributed by atoms with Crippen LogP contribution in [0.15, 0.2) is 11.6 Å². The third kappa shape index (κ3) is 2.18. The standard InChI is InChI=1S/C10H16O2/c1-7-3-5-9(6-4-7)10(12)8(2)11/h3,8-9,11H,4-6H2,1-2H3/t8-,9+/m0/s1. The molecule has 1 aliphatic rings. The fourth-order valence-corrected chi connectivity index (χ4v) is 1.56. The van der Waals surface area contributed by atoms with E-state index in [2.05, 4.69) is 13.0 Å². The predicted molar refractivity (Wildman–Crippen MR) is 47.8 cm³/mol. The summed E-state index contributed by atoms with van der Waals surface area (Å²) in [6.45, 7) is 3.64. The van der Waals surface area contributed by atoms with Crippen molar-refractivity contribution in [2.75, 3.05) is 0 Å². The molecule has 0 saturated heterocycles. The maximum Gasteiger partial charge on any atom is 0.164 e. The number of ketones is 1. The lowest BCUT2D eigenvalue weighted by Gasteiger charge is -2.20. The van der Waals surface area contributed by atoms with E-state index in [-0.39, 0.29) is 11.7 Å². The van der Waals surface area contributed by atoms with Crippen LogP contribution in [0.4, 0.5) is 0 Å². The summed E-state index contributed by atoms with van der Waals surface area (Å²) in [6.07, 6.45) is 4.04. The van der Waals surface area contributed by atoms with Crippen LogP contribution in [-0.2, 0) is 4.79 Å². The molecule has 0 fully saturated rings. The number of aliphatic hydroxyl groups is 1. The molecular weight excluding hydrogens is 152 g/mol. The van der Waals surface area contributed by atoms with Crippen LogP contribution in [0.5, 0.6) is 0 Å². The van der Waals surface area contributed by atoms with Crippen LogP contribution in [0, 0.1) is 5.92 Å². The Morgan fingerprint density at radius 2 is 2.42 bits per heavy atom. The van der Waals surface area contributed by atoms with Gasteiger partial charge in [-0.3, -0.25) is 4.79 Å². The number of rotatable bonds is 2.